The van der Waals surface area contributed by atoms with Gasteiger partial charge in [0.15, 0.2) is 0 Å². The number of amides is 1. The number of rotatable bonds is 8. The van der Waals surface area contributed by atoms with E-state index in [0.717, 1.165) is 28.2 Å². The van der Waals surface area contributed by atoms with Crippen LogP contribution < -0.4 is 0 Å². The molecule has 0 atom stereocenters. The molecule has 1 aromatic carbocycles. The molecule has 2 aromatic heterocycles. The number of benzene rings is 1. The van der Waals surface area contributed by atoms with E-state index >= 15 is 0 Å². The van der Waals surface area contributed by atoms with E-state index in [2.05, 4.69) is 0 Å². The molecule has 4 nitrogen and oxygen atoms in total. The fraction of sp³-hybridized carbons (Fsp3) is 0.364. The summed E-state index contributed by atoms with van der Waals surface area (Å²) in [5.41, 5.74) is 4.38. The van der Waals surface area contributed by atoms with E-state index in [1.165, 1.54) is 0 Å². The molecule has 148 valence electrons. The summed E-state index contributed by atoms with van der Waals surface area (Å²) in [7, 11) is 0. The summed E-state index contributed by atoms with van der Waals surface area (Å²) >= 11 is 6.19. The molecule has 0 saturated heterocycles. The van der Waals surface area contributed by atoms with Crippen LogP contribution in [-0.4, -0.2) is 40.0 Å². The Labute approximate surface area is 170 Å². The van der Waals surface area contributed by atoms with Crippen LogP contribution in [0.15, 0.2) is 42.6 Å². The van der Waals surface area contributed by atoms with E-state index in [-0.39, 0.29) is 19.0 Å². The third-order valence-electron chi connectivity index (χ3n) is 4.94. The van der Waals surface area contributed by atoms with Gasteiger partial charge in [0.05, 0.1) is 29.5 Å². The molecule has 0 radical (unpaired) electrons. The number of aromatic nitrogens is 2. The summed E-state index contributed by atoms with van der Waals surface area (Å²) in [4.78, 5) is 19.3. The molecule has 0 aliphatic heterocycles. The predicted octanol–water partition coefficient (Wildman–Crippen LogP) is 4.97. The minimum Gasteiger partial charge on any atom is -0.343 e. The number of halogens is 2. The van der Waals surface area contributed by atoms with Crippen molar-refractivity contribution >= 4 is 23.2 Å². The monoisotopic (exact) mass is 401 g/mol. The quantitative estimate of drug-likeness (QED) is 0.534. The summed E-state index contributed by atoms with van der Waals surface area (Å²) in [6.07, 6.45) is 3.29. The Morgan fingerprint density at radius 1 is 1.14 bits per heavy atom. The number of hydrogen-bond acceptors (Lipinski definition) is 2. The summed E-state index contributed by atoms with van der Waals surface area (Å²) in [5.74, 6) is 0.0626. The fourth-order valence-electron chi connectivity index (χ4n) is 3.40. The number of likely N-dealkylation sites (N-methyl/N-ethyl adjacent to an activating group) is 1. The van der Waals surface area contributed by atoms with Crippen LogP contribution in [0, 0.1) is 0 Å². The van der Waals surface area contributed by atoms with E-state index in [0.29, 0.717) is 31.0 Å². The van der Waals surface area contributed by atoms with E-state index in [1.54, 1.807) is 12.3 Å². The molecular formula is C22H25ClFN3O. The largest absolute Gasteiger partial charge is 0.343 e. The van der Waals surface area contributed by atoms with Crippen molar-refractivity contribution in [2.24, 2.45) is 0 Å². The second-order valence-corrected chi connectivity index (χ2v) is 7.15. The molecule has 0 spiro atoms. The van der Waals surface area contributed by atoms with E-state index in [1.807, 2.05) is 53.5 Å². The highest BCUT2D eigenvalue weighted by Crippen LogP contribution is 2.27. The highest BCUT2D eigenvalue weighted by atomic mass is 35.5. The van der Waals surface area contributed by atoms with Crippen molar-refractivity contribution in [3.05, 3.63) is 58.9 Å². The van der Waals surface area contributed by atoms with Crippen molar-refractivity contribution in [3.8, 4) is 11.3 Å². The molecule has 3 aromatic rings. The molecule has 0 saturated carbocycles. The number of alkyl halides is 1. The third-order valence-corrected chi connectivity index (χ3v) is 5.17. The first-order valence-electron chi connectivity index (χ1n) is 9.66. The lowest BCUT2D eigenvalue weighted by Crippen LogP contribution is -2.32. The third kappa shape index (κ3) is 4.36. The minimum atomic E-state index is -0.313. The van der Waals surface area contributed by atoms with Crippen LogP contribution in [0.4, 0.5) is 4.39 Å². The van der Waals surface area contributed by atoms with E-state index in [9.17, 15) is 9.18 Å². The Balaban J connectivity index is 2.02. The first kappa shape index (κ1) is 20.3. The van der Waals surface area contributed by atoms with Crippen molar-refractivity contribution in [2.45, 2.75) is 33.1 Å². The fourth-order valence-corrected chi connectivity index (χ4v) is 3.56. The second kappa shape index (κ2) is 9.20. The molecule has 28 heavy (non-hydrogen) atoms. The van der Waals surface area contributed by atoms with Crippen molar-refractivity contribution in [3.63, 3.8) is 0 Å². The van der Waals surface area contributed by atoms with Crippen LogP contribution in [0.5, 0.6) is 0 Å². The number of nitrogens with zero attached hydrogens (tertiary/aromatic N) is 3. The first-order chi connectivity index (χ1) is 13.6. The molecule has 3 rings (SSSR count). The number of aryl methyl sites for hydroxylation is 1. The van der Waals surface area contributed by atoms with Gasteiger partial charge in [-0.25, -0.2) is 4.98 Å². The summed E-state index contributed by atoms with van der Waals surface area (Å²) in [5, 5.41) is 0.592. The Morgan fingerprint density at radius 2 is 1.86 bits per heavy atom. The Kier molecular flexibility index (Phi) is 6.68. The van der Waals surface area contributed by atoms with Gasteiger partial charge in [0.1, 0.15) is 5.65 Å². The van der Waals surface area contributed by atoms with Crippen molar-refractivity contribution < 1.29 is 9.18 Å². The van der Waals surface area contributed by atoms with Crippen molar-refractivity contribution in [2.75, 3.05) is 19.8 Å². The van der Waals surface area contributed by atoms with Gasteiger partial charge in [-0.15, -0.1) is 0 Å². The number of pyridine rings is 1. The molecule has 0 unspecified atom stereocenters. The topological polar surface area (TPSA) is 37.6 Å². The van der Waals surface area contributed by atoms with Crippen LogP contribution in [0.1, 0.15) is 31.5 Å². The number of imidazole rings is 1. The van der Waals surface area contributed by atoms with Crippen molar-refractivity contribution in [1.29, 1.82) is 0 Å². The van der Waals surface area contributed by atoms with Gasteiger partial charge in [0.25, 0.3) is 0 Å². The summed E-state index contributed by atoms with van der Waals surface area (Å²) < 4.78 is 14.3. The maximum atomic E-state index is 12.8. The zero-order valence-electron chi connectivity index (χ0n) is 16.3. The number of carbonyl (C=O) groups excluding carboxylic acids is 1. The summed E-state index contributed by atoms with van der Waals surface area (Å²) in [6, 6.07) is 11.6. The van der Waals surface area contributed by atoms with Crippen molar-refractivity contribution in [1.82, 2.24) is 14.3 Å². The molecule has 1 amide bonds. The van der Waals surface area contributed by atoms with Gasteiger partial charge < -0.3 is 9.30 Å². The highest BCUT2D eigenvalue weighted by Gasteiger charge is 2.19. The molecule has 0 aliphatic carbocycles. The molecule has 0 bridgehead atoms. The predicted molar refractivity (Wildman–Crippen MR) is 112 cm³/mol. The Morgan fingerprint density at radius 3 is 2.50 bits per heavy atom. The number of hydrogen-bond donors (Lipinski definition) is 0. The SMILES string of the molecule is CCN(CC)C(=O)Cc1c(-c2ccc(CCCF)cc2)nc2ccc(Cl)cn12. The normalized spacial score (nSPS) is 11.1. The van der Waals surface area contributed by atoms with Crippen LogP contribution >= 0.6 is 11.6 Å². The Hall–Kier alpha value is -2.40. The van der Waals surface area contributed by atoms with Crippen LogP contribution in [0.25, 0.3) is 16.9 Å². The number of fused-ring (bicyclic) bond motifs is 1. The lowest BCUT2D eigenvalue weighted by atomic mass is 10.0. The first-order valence-corrected chi connectivity index (χ1v) is 10.0. The lowest BCUT2D eigenvalue weighted by Gasteiger charge is -2.18. The molecule has 0 fully saturated rings. The van der Waals surface area contributed by atoms with Crippen LogP contribution in [-0.2, 0) is 17.6 Å². The molecule has 0 aliphatic rings. The van der Waals surface area contributed by atoms with Gasteiger partial charge in [0.2, 0.25) is 5.91 Å². The average molecular weight is 402 g/mol. The molecular weight excluding hydrogens is 377 g/mol. The Bertz CT molecular complexity index is 948. The maximum absolute atomic E-state index is 12.8. The molecule has 6 heteroatoms. The smallest absolute Gasteiger partial charge is 0.228 e. The zero-order chi connectivity index (χ0) is 20.1. The standard InChI is InChI=1S/C22H25ClFN3O/c1-3-26(4-2)21(28)14-19-22(25-20-12-11-18(23)15-27(19)20)17-9-7-16(8-10-17)6-5-13-24/h7-12,15H,3-6,13-14H2,1-2H3. The molecule has 2 heterocycles. The van der Waals surface area contributed by atoms with Gasteiger partial charge in [-0.2, -0.15) is 0 Å². The minimum absolute atomic E-state index is 0.0626. The second-order valence-electron chi connectivity index (χ2n) is 6.71. The zero-order valence-corrected chi connectivity index (χ0v) is 17.0. The van der Waals surface area contributed by atoms with Crippen LogP contribution in [0.3, 0.4) is 0 Å². The number of carbonyl (C=O) groups is 1. The van der Waals surface area contributed by atoms with Gasteiger partial charge in [0, 0.05) is 24.8 Å². The van der Waals surface area contributed by atoms with Crippen LogP contribution in [0.2, 0.25) is 5.02 Å². The highest BCUT2D eigenvalue weighted by molar-refractivity contribution is 6.30. The van der Waals surface area contributed by atoms with Gasteiger partial charge in [-0.3, -0.25) is 9.18 Å². The van der Waals surface area contributed by atoms with E-state index in [4.69, 9.17) is 16.6 Å². The maximum Gasteiger partial charge on any atom is 0.228 e. The molecule has 0 N–H and O–H groups in total. The van der Waals surface area contributed by atoms with Gasteiger partial charge in [-0.05, 0) is 44.4 Å². The van der Waals surface area contributed by atoms with Gasteiger partial charge >= 0.3 is 0 Å². The van der Waals surface area contributed by atoms with E-state index < -0.39 is 0 Å². The lowest BCUT2D eigenvalue weighted by molar-refractivity contribution is -0.130. The van der Waals surface area contributed by atoms with Gasteiger partial charge in [-0.1, -0.05) is 35.9 Å². The summed E-state index contributed by atoms with van der Waals surface area (Å²) in [6.45, 7) is 4.98. The average Bonchev–Trinajstić information content (AvgIpc) is 3.05.